The number of hydrogen-bond acceptors (Lipinski definition) is 5. The van der Waals surface area contributed by atoms with Crippen LogP contribution in [0.4, 0.5) is 0 Å². The summed E-state index contributed by atoms with van der Waals surface area (Å²) in [5.41, 5.74) is 0.273. The smallest absolute Gasteiger partial charge is 0.305 e. The minimum absolute atomic E-state index is 0.0564. The van der Waals surface area contributed by atoms with Gasteiger partial charge in [-0.1, -0.05) is 12.1 Å². The van der Waals surface area contributed by atoms with E-state index < -0.39 is 30.0 Å². The summed E-state index contributed by atoms with van der Waals surface area (Å²) in [4.78, 5) is 36.2. The van der Waals surface area contributed by atoms with Gasteiger partial charge >= 0.3 is 5.97 Å². The second-order valence-electron chi connectivity index (χ2n) is 5.86. The third-order valence-corrected chi connectivity index (χ3v) is 4.46. The molecule has 6 heteroatoms. The Balaban J connectivity index is 2.01. The van der Waals surface area contributed by atoms with Gasteiger partial charge in [0.05, 0.1) is 30.1 Å². The first-order chi connectivity index (χ1) is 10.4. The predicted octanol–water partition coefficient (Wildman–Crippen LogP) is 1.66. The lowest BCUT2D eigenvalue weighted by Gasteiger charge is -2.41. The molecule has 0 spiro atoms. The number of benzene rings is 1. The van der Waals surface area contributed by atoms with Gasteiger partial charge in [-0.3, -0.25) is 14.4 Å². The van der Waals surface area contributed by atoms with E-state index in [4.69, 9.17) is 9.84 Å². The number of rotatable bonds is 2. The Labute approximate surface area is 126 Å². The maximum absolute atomic E-state index is 12.7. The summed E-state index contributed by atoms with van der Waals surface area (Å²) in [7, 11) is 0. The number of carboxylic acids is 1. The third kappa shape index (κ3) is 2.20. The molecule has 1 heterocycles. The molecule has 3 rings (SSSR count). The number of aromatic hydroxyl groups is 1. The number of hydrogen-bond donors (Lipinski definition) is 2. The minimum Gasteiger partial charge on any atom is -0.507 e. The first-order valence-corrected chi connectivity index (χ1v) is 7.17. The number of phenolic OH excluding ortho intramolecular Hbond substituents is 1. The lowest BCUT2D eigenvalue weighted by molar-refractivity contribution is -0.145. The van der Waals surface area contributed by atoms with E-state index in [2.05, 4.69) is 0 Å². The molecule has 1 saturated heterocycles. The number of aliphatic carboxylic acids is 1. The quantitative estimate of drug-likeness (QED) is 0.861. The van der Waals surface area contributed by atoms with Crippen molar-refractivity contribution in [3.63, 3.8) is 0 Å². The summed E-state index contributed by atoms with van der Waals surface area (Å²) in [5.74, 6) is -2.98. The Morgan fingerprint density at radius 1 is 1.32 bits per heavy atom. The van der Waals surface area contributed by atoms with E-state index in [1.165, 1.54) is 18.2 Å². The molecule has 0 saturated carbocycles. The zero-order chi connectivity index (χ0) is 16.0. The highest BCUT2D eigenvalue weighted by atomic mass is 16.5. The van der Waals surface area contributed by atoms with Gasteiger partial charge in [0.25, 0.3) is 0 Å². The summed E-state index contributed by atoms with van der Waals surface area (Å²) in [6.45, 7) is 1.67. The SMILES string of the molecule is CC1OC(CC(=O)O)CC2C(=O)c3cccc(O)c3C(=O)C12. The molecule has 116 valence electrons. The van der Waals surface area contributed by atoms with Gasteiger partial charge in [0.2, 0.25) is 0 Å². The van der Waals surface area contributed by atoms with Crippen LogP contribution in [0, 0.1) is 11.8 Å². The van der Waals surface area contributed by atoms with Crippen molar-refractivity contribution in [1.29, 1.82) is 0 Å². The van der Waals surface area contributed by atoms with Crippen molar-refractivity contribution in [3.05, 3.63) is 29.3 Å². The number of carbonyl (C=O) groups is 3. The van der Waals surface area contributed by atoms with Gasteiger partial charge in [0.1, 0.15) is 5.75 Å². The van der Waals surface area contributed by atoms with Gasteiger partial charge in [-0.15, -0.1) is 0 Å². The number of phenols is 1. The van der Waals surface area contributed by atoms with Crippen LogP contribution in [0.25, 0.3) is 0 Å². The van der Waals surface area contributed by atoms with E-state index in [-0.39, 0.29) is 41.3 Å². The Kier molecular flexibility index (Phi) is 3.48. The van der Waals surface area contributed by atoms with Crippen LogP contribution in [0.2, 0.25) is 0 Å². The van der Waals surface area contributed by atoms with Crippen LogP contribution < -0.4 is 0 Å². The van der Waals surface area contributed by atoms with Crippen molar-refractivity contribution >= 4 is 17.5 Å². The number of fused-ring (bicyclic) bond motifs is 2. The zero-order valence-electron chi connectivity index (χ0n) is 12.0. The summed E-state index contributed by atoms with van der Waals surface area (Å²) >= 11 is 0. The number of ether oxygens (including phenoxy) is 1. The van der Waals surface area contributed by atoms with E-state index >= 15 is 0 Å². The molecule has 22 heavy (non-hydrogen) atoms. The van der Waals surface area contributed by atoms with Gasteiger partial charge in [0, 0.05) is 11.5 Å². The van der Waals surface area contributed by atoms with E-state index in [0.717, 1.165) is 0 Å². The van der Waals surface area contributed by atoms with Crippen LogP contribution in [0.15, 0.2) is 18.2 Å². The normalized spacial score (nSPS) is 30.6. The molecule has 4 unspecified atom stereocenters. The standard InChI is InChI=1S/C16H16O6/c1-7-13-10(5-8(22-7)6-12(18)19)15(20)9-3-2-4-11(17)14(9)16(13)21/h2-4,7-8,10,13,17H,5-6H2,1H3,(H,18,19). The van der Waals surface area contributed by atoms with Crippen molar-refractivity contribution in [1.82, 2.24) is 0 Å². The van der Waals surface area contributed by atoms with E-state index in [9.17, 15) is 19.5 Å². The average Bonchev–Trinajstić information content (AvgIpc) is 2.43. The van der Waals surface area contributed by atoms with Gasteiger partial charge in [0.15, 0.2) is 11.6 Å². The number of carboxylic acid groups (broad SMARTS) is 1. The fourth-order valence-electron chi connectivity index (χ4n) is 3.56. The monoisotopic (exact) mass is 304 g/mol. The van der Waals surface area contributed by atoms with Crippen molar-refractivity contribution in [2.45, 2.75) is 32.0 Å². The first-order valence-electron chi connectivity index (χ1n) is 7.17. The van der Waals surface area contributed by atoms with Crippen LogP contribution in [-0.2, 0) is 9.53 Å². The number of carbonyl (C=O) groups excluding carboxylic acids is 2. The zero-order valence-corrected chi connectivity index (χ0v) is 12.0. The molecule has 1 aliphatic carbocycles. The second-order valence-corrected chi connectivity index (χ2v) is 5.86. The van der Waals surface area contributed by atoms with Gasteiger partial charge in [-0.25, -0.2) is 0 Å². The number of ketones is 2. The second kappa shape index (κ2) is 5.21. The molecular weight excluding hydrogens is 288 g/mol. The molecule has 0 radical (unpaired) electrons. The molecule has 0 aromatic heterocycles. The van der Waals surface area contributed by atoms with Gasteiger partial charge in [-0.2, -0.15) is 0 Å². The molecule has 1 fully saturated rings. The summed E-state index contributed by atoms with van der Waals surface area (Å²) in [5, 5.41) is 18.8. The maximum atomic E-state index is 12.7. The molecule has 1 aromatic carbocycles. The molecule has 0 amide bonds. The van der Waals surface area contributed by atoms with Crippen LogP contribution >= 0.6 is 0 Å². The maximum Gasteiger partial charge on any atom is 0.305 e. The summed E-state index contributed by atoms with van der Waals surface area (Å²) < 4.78 is 5.60. The van der Waals surface area contributed by atoms with Crippen LogP contribution in [0.1, 0.15) is 40.5 Å². The summed E-state index contributed by atoms with van der Waals surface area (Å²) in [6, 6.07) is 4.43. The largest absolute Gasteiger partial charge is 0.507 e. The lowest BCUT2D eigenvalue weighted by Crippen LogP contribution is -2.50. The molecule has 1 aromatic rings. The Morgan fingerprint density at radius 3 is 2.73 bits per heavy atom. The molecule has 6 nitrogen and oxygen atoms in total. The highest BCUT2D eigenvalue weighted by Crippen LogP contribution is 2.42. The molecule has 1 aliphatic heterocycles. The molecule has 4 atom stereocenters. The van der Waals surface area contributed by atoms with Crippen LogP contribution in [-0.4, -0.2) is 40.0 Å². The summed E-state index contributed by atoms with van der Waals surface area (Å²) in [6.07, 6.45) is -1.13. The highest BCUT2D eigenvalue weighted by Gasteiger charge is 2.49. The lowest BCUT2D eigenvalue weighted by atomic mass is 9.68. The van der Waals surface area contributed by atoms with Gasteiger partial charge in [-0.05, 0) is 19.4 Å². The van der Waals surface area contributed by atoms with E-state index in [1.54, 1.807) is 6.92 Å². The van der Waals surface area contributed by atoms with Crippen LogP contribution in [0.3, 0.4) is 0 Å². The number of Topliss-reactive ketones (excluding diaryl/α,β-unsaturated/α-hetero) is 2. The topological polar surface area (TPSA) is 101 Å². The predicted molar refractivity (Wildman–Crippen MR) is 75.0 cm³/mol. The Bertz CT molecular complexity index is 665. The van der Waals surface area contributed by atoms with Crippen molar-refractivity contribution in [2.75, 3.05) is 0 Å². The molecule has 2 N–H and O–H groups in total. The Hall–Kier alpha value is -2.21. The minimum atomic E-state index is -0.997. The van der Waals surface area contributed by atoms with Crippen molar-refractivity contribution < 1.29 is 29.3 Å². The third-order valence-electron chi connectivity index (χ3n) is 4.46. The highest BCUT2D eigenvalue weighted by molar-refractivity contribution is 6.17. The first kappa shape index (κ1) is 14.7. The van der Waals surface area contributed by atoms with Crippen molar-refractivity contribution in [3.8, 4) is 5.75 Å². The molecule has 2 aliphatic rings. The average molecular weight is 304 g/mol. The van der Waals surface area contributed by atoms with E-state index in [0.29, 0.717) is 0 Å². The van der Waals surface area contributed by atoms with E-state index in [1.807, 2.05) is 0 Å². The fourth-order valence-corrected chi connectivity index (χ4v) is 3.56. The Morgan fingerprint density at radius 2 is 2.05 bits per heavy atom. The van der Waals surface area contributed by atoms with Gasteiger partial charge < -0.3 is 14.9 Å². The molecular formula is C16H16O6. The van der Waals surface area contributed by atoms with Crippen molar-refractivity contribution in [2.24, 2.45) is 11.8 Å². The fraction of sp³-hybridized carbons (Fsp3) is 0.438. The van der Waals surface area contributed by atoms with Crippen LogP contribution in [0.5, 0.6) is 5.75 Å². The molecule has 0 bridgehead atoms.